The maximum absolute atomic E-state index is 12.0. The lowest BCUT2D eigenvalue weighted by molar-refractivity contribution is -0.144. The fraction of sp³-hybridized carbons (Fsp3) is 0.702. The van der Waals surface area contributed by atoms with Crippen LogP contribution in [-0.2, 0) is 71.6 Å². The zero-order chi connectivity index (χ0) is 110. The van der Waals surface area contributed by atoms with Gasteiger partial charge < -0.3 is 59.6 Å². The number of carboxylic acid groups (broad SMARTS) is 2. The van der Waals surface area contributed by atoms with Crippen LogP contribution in [0.15, 0.2) is 170 Å². The number of hydrogen-bond donors (Lipinski definition) is 6. The van der Waals surface area contributed by atoms with Gasteiger partial charge in [0.05, 0.1) is 52.5 Å². The summed E-state index contributed by atoms with van der Waals surface area (Å²) in [5, 5.41) is 48.0. The van der Waals surface area contributed by atoms with Gasteiger partial charge in [-0.05, 0) is 184 Å². The monoisotopic (exact) mass is 2060 g/mol. The van der Waals surface area contributed by atoms with Crippen LogP contribution in [0.4, 0.5) is 0 Å². The molecule has 2 amide bonds. The maximum atomic E-state index is 12.0. The summed E-state index contributed by atoms with van der Waals surface area (Å²) in [6.45, 7) is 30.4. The third-order valence-corrected chi connectivity index (χ3v) is 23.4. The van der Waals surface area contributed by atoms with E-state index in [9.17, 15) is 57.0 Å². The Bertz CT molecular complexity index is 3380. The molecule has 0 unspecified atom stereocenters. The Labute approximate surface area is 886 Å². The van der Waals surface area contributed by atoms with Gasteiger partial charge in [-0.15, -0.1) is 0 Å². The number of carbonyl (C=O) groups is 8. The molecule has 0 heterocycles. The first-order valence-electron chi connectivity index (χ1n) is 55.9. The normalized spacial score (nSPS) is 13.2. The van der Waals surface area contributed by atoms with Crippen molar-refractivity contribution in [1.29, 1.82) is 0 Å². The molecule has 0 aromatic carbocycles. The molecule has 0 aromatic rings. The third kappa shape index (κ3) is 138. The van der Waals surface area contributed by atoms with E-state index in [1.165, 1.54) is 143 Å². The van der Waals surface area contributed by atoms with Crippen molar-refractivity contribution in [3.05, 3.63) is 170 Å². The van der Waals surface area contributed by atoms with Crippen LogP contribution >= 0.6 is 0 Å². The summed E-state index contributed by atoms with van der Waals surface area (Å²) >= 11 is 0. The van der Waals surface area contributed by atoms with E-state index in [2.05, 4.69) is 181 Å². The largest absolute Gasteiger partial charge is 0.481 e. The first-order chi connectivity index (χ1) is 69.7. The van der Waals surface area contributed by atoms with Crippen LogP contribution in [0.1, 0.15) is 423 Å². The average molecular weight is 2060 g/mol. The van der Waals surface area contributed by atoms with Gasteiger partial charge in [0.1, 0.15) is 0 Å². The molecule has 24 heteroatoms. The van der Waals surface area contributed by atoms with Gasteiger partial charge in [-0.25, -0.2) is 0 Å². The Morgan fingerprint density at radius 1 is 0.310 bits per heavy atom. The molecule has 145 heavy (non-hydrogen) atoms. The molecular weight excluding hydrogens is 1850 g/mol. The van der Waals surface area contributed by atoms with E-state index in [1.807, 2.05) is 106 Å². The van der Waals surface area contributed by atoms with E-state index < -0.39 is 28.2 Å². The van der Waals surface area contributed by atoms with Gasteiger partial charge in [-0.1, -0.05) is 401 Å². The number of rotatable bonds is 85. The minimum Gasteiger partial charge on any atom is -0.481 e. The minimum absolute atomic E-state index is 0.0899. The van der Waals surface area contributed by atoms with Crippen LogP contribution in [0.5, 0.6) is 0 Å². The average Bonchev–Trinajstić information content (AvgIpc) is 0.967. The second-order valence-corrected chi connectivity index (χ2v) is 39.2. The summed E-state index contributed by atoms with van der Waals surface area (Å²) < 4.78 is 45.3. The van der Waals surface area contributed by atoms with E-state index in [1.54, 1.807) is 15.9 Å². The fourth-order valence-electron chi connectivity index (χ4n) is 13.4. The number of esters is 4. The Kier molecular flexibility index (Phi) is 125. The number of unbranched alkanes of at least 4 members (excludes halogenated alkanes) is 20. The molecule has 7 atom stereocenters. The van der Waals surface area contributed by atoms with Crippen LogP contribution in [0.25, 0.3) is 0 Å². The van der Waals surface area contributed by atoms with Crippen molar-refractivity contribution in [3.8, 4) is 0 Å². The molecule has 0 aliphatic heterocycles. The Morgan fingerprint density at radius 3 is 0.834 bits per heavy atom. The van der Waals surface area contributed by atoms with Gasteiger partial charge in [0, 0.05) is 85.2 Å². The van der Waals surface area contributed by atoms with Crippen molar-refractivity contribution in [2.24, 2.45) is 29.6 Å². The molecule has 0 aliphatic carbocycles. The summed E-state index contributed by atoms with van der Waals surface area (Å²) in [5.41, 5.74) is 0. The lowest BCUT2D eigenvalue weighted by atomic mass is 10.0. The van der Waals surface area contributed by atoms with Crippen molar-refractivity contribution in [3.63, 3.8) is 0 Å². The second kappa shape index (κ2) is 121. The number of carboxylic acids is 2. The van der Waals surface area contributed by atoms with Crippen molar-refractivity contribution in [1.82, 2.24) is 15.1 Å². The fourth-order valence-corrected chi connectivity index (χ4v) is 13.8. The predicted octanol–water partition coefficient (Wildman–Crippen LogP) is 29.1. The summed E-state index contributed by atoms with van der Waals surface area (Å²) in [7, 11) is 5.16. The van der Waals surface area contributed by atoms with Gasteiger partial charge in [-0.2, -0.15) is 8.42 Å². The quantitative estimate of drug-likeness (QED) is 0.0108. The molecule has 840 valence electrons. The molecule has 6 N–H and O–H groups in total. The number of nitrogens with one attached hydrogen (secondary N) is 1. The van der Waals surface area contributed by atoms with Crippen molar-refractivity contribution < 1.29 is 95.4 Å². The Hall–Kier alpha value is -8.13. The number of carbonyl (C=O) groups excluding carboxylic acids is 6. The van der Waals surface area contributed by atoms with Gasteiger partial charge >= 0.3 is 35.8 Å². The van der Waals surface area contributed by atoms with Crippen LogP contribution in [0.2, 0.25) is 0 Å². The first-order valence-corrected chi connectivity index (χ1v) is 57.7. The van der Waals surface area contributed by atoms with Gasteiger partial charge in [0.25, 0.3) is 10.1 Å². The highest BCUT2D eigenvalue weighted by atomic mass is 32.2. The van der Waals surface area contributed by atoms with Crippen LogP contribution in [0.3, 0.4) is 0 Å². The molecule has 0 rings (SSSR count). The number of amides is 2. The van der Waals surface area contributed by atoms with Gasteiger partial charge in [0.2, 0.25) is 11.8 Å². The van der Waals surface area contributed by atoms with Crippen LogP contribution in [0, 0.1) is 29.6 Å². The zero-order valence-electron chi connectivity index (χ0n) is 94.8. The number of hydrogen-bond acceptors (Lipinski definition) is 19. The SMILES string of the molecule is CCCCC[C@H](C)/C=C/C=C\CCN(C)C(=O)CCCCCC(=O)OC.CCCCC[C@H](C)/C=C/C=C\CCNC.CCCCC[C@H](C)/C=C/C=C\CCO.CCCCC[C@H](C)/C=C/C=C\CCOC(=O)CCCCC(=O)O.CCCCC[C@H](C)/C=C/C=C\CCOS(C)(=O)=O.CCCCC[C@H](O)/C=C/C=C\CCN(C)C(=O)CCCCCC(=O)OC.CCCCC[C@H](O)/C=C/C=C\CCOC(=O)CCCCC(=O)O. The number of ether oxygens (including phenoxy) is 4. The Balaban J connectivity index is -0.000000310. The first kappa shape index (κ1) is 150. The van der Waals surface area contributed by atoms with Crippen molar-refractivity contribution in [2.45, 2.75) is 436 Å². The minimum atomic E-state index is -3.30. The number of aliphatic carboxylic acids is 2. The molecule has 23 nitrogen and oxygen atoms in total. The van der Waals surface area contributed by atoms with E-state index in [-0.39, 0.29) is 74.3 Å². The smallest absolute Gasteiger partial charge is 0.305 e. The van der Waals surface area contributed by atoms with Crippen molar-refractivity contribution in [2.75, 3.05) is 87.7 Å². The van der Waals surface area contributed by atoms with Crippen LogP contribution < -0.4 is 5.32 Å². The van der Waals surface area contributed by atoms with Crippen LogP contribution in [-0.4, -0.2) is 191 Å². The number of methoxy groups -OCH3 is 2. The molecule has 0 saturated carbocycles. The van der Waals surface area contributed by atoms with E-state index in [0.29, 0.717) is 120 Å². The molecule has 0 aromatic heterocycles. The van der Waals surface area contributed by atoms with E-state index in [0.717, 1.165) is 141 Å². The standard InChI is InChI=1S/C22H39NO3.C21H37NO4.C19H32O4.C18H30O5.C14H27N.C14H26O3S.C13H24O/c1-5-6-10-15-20(2)16-11-7-8-14-19-23(3)21(24)17-12-9-13-18-22(25)26-4;1-4-5-9-14-19(23)15-10-6-7-13-18-22(2)20(24)16-11-8-12-17-21(25)26-3;1-3-4-7-12-17(2)13-8-5-6-11-16-23-19(22)15-10-9-14-18(20)21;1-2-3-6-11-16(19)12-7-4-5-10-15-23-18(22)14-9-8-13-17(20)21;1-4-5-8-11-14(2)12-9-6-7-10-13-15-3;1-4-5-8-11-14(2)12-9-6-7-10-13-17-18(3,15)16;1-3-4-7-10-13(2)11-8-5-6-9-12-14/h7-8,11,16,20H,5-6,9-10,12-15,17-19H2,1-4H3;6-7,10,15,19,23H,4-5,8-9,11-14,16-18H2,1-3H3;5-6,8,13,17H,3-4,7,9-12,14-16H2,1-2H3,(H,20,21);4-5,7,12,16,19H,2-3,6,8-11,13-15H2,1H3,(H,20,21);6-7,9,12,14-15H,4-5,8,10-11,13H2,1-3H3;6-7,9,12,14H,4-5,8,10-11,13H2,1-3H3;5-6,8,11,13-14H,3-4,7,9-10,12H2,1-2H3/b8-7-,16-11+;7-6-,15-10+;6-5-,13-8+;5-4-,12-7+;2*7-6-,12-9+;6-5-,11-8+/t20-;19-;17-;16-;2*14-;13-/m0000000/s1. The molecule has 0 fully saturated rings. The maximum Gasteiger partial charge on any atom is 0.305 e. The summed E-state index contributed by atoms with van der Waals surface area (Å²) in [6.07, 6.45) is 107. The zero-order valence-corrected chi connectivity index (χ0v) is 95.6. The van der Waals surface area contributed by atoms with Gasteiger partial charge in [0.15, 0.2) is 0 Å². The van der Waals surface area contributed by atoms with Crippen molar-refractivity contribution >= 4 is 57.7 Å². The summed E-state index contributed by atoms with van der Waals surface area (Å²) in [6, 6.07) is 0. The van der Waals surface area contributed by atoms with E-state index in [4.69, 9.17) is 24.8 Å². The number of aliphatic hydroxyl groups excluding tert-OH is 3. The molecule has 0 bridgehead atoms. The highest BCUT2D eigenvalue weighted by Gasteiger charge is 2.13. The van der Waals surface area contributed by atoms with E-state index >= 15 is 0 Å². The molecule has 0 aliphatic rings. The molecule has 0 spiro atoms. The molecular formula is C121H215N3O20S. The molecule has 0 radical (unpaired) electrons. The summed E-state index contributed by atoms with van der Waals surface area (Å²) in [5.74, 6) is 1.00. The number of nitrogens with zero attached hydrogens (tertiary/aromatic N) is 2. The van der Waals surface area contributed by atoms with Gasteiger partial charge in [-0.3, -0.25) is 42.5 Å². The highest BCUT2D eigenvalue weighted by molar-refractivity contribution is 7.86. The lowest BCUT2D eigenvalue weighted by Gasteiger charge is -2.15. The summed E-state index contributed by atoms with van der Waals surface area (Å²) in [4.78, 5) is 92.9. The predicted molar refractivity (Wildman–Crippen MR) is 609 cm³/mol. The molecule has 0 saturated heterocycles. The topological polar surface area (TPSA) is 337 Å². The third-order valence-electron chi connectivity index (χ3n) is 22.8. The number of aliphatic hydroxyl groups is 3. The lowest BCUT2D eigenvalue weighted by Crippen LogP contribution is -2.27. The Morgan fingerprint density at radius 2 is 0.559 bits per heavy atom. The second-order valence-electron chi connectivity index (χ2n) is 37.6. The highest BCUT2D eigenvalue weighted by Crippen LogP contribution is 2.18. The number of allylic oxidation sites excluding steroid dienone is 19.